The molecule has 1 aromatic carbocycles. The molecule has 0 atom stereocenters. The Morgan fingerprint density at radius 3 is 2.19 bits per heavy atom. The number of nitrogens with zero attached hydrogens (tertiary/aromatic N) is 4. The molecule has 1 saturated heterocycles. The van der Waals surface area contributed by atoms with Gasteiger partial charge >= 0.3 is 0 Å². The molecule has 5 fully saturated rings. The number of rotatable bonds is 7. The highest BCUT2D eigenvalue weighted by atomic mass is 16.5. The van der Waals surface area contributed by atoms with E-state index in [1.165, 1.54) is 19.3 Å². The normalized spacial score (nSPS) is 29.0. The van der Waals surface area contributed by atoms with Crippen LogP contribution in [0.3, 0.4) is 0 Å². The van der Waals surface area contributed by atoms with E-state index in [4.69, 9.17) is 9.26 Å². The highest BCUT2D eigenvalue weighted by molar-refractivity contribution is 5.84. The van der Waals surface area contributed by atoms with Crippen molar-refractivity contribution in [2.45, 2.75) is 58.3 Å². The fourth-order valence-corrected chi connectivity index (χ4v) is 7.58. The van der Waals surface area contributed by atoms with Crippen LogP contribution in [0.2, 0.25) is 0 Å². The summed E-state index contributed by atoms with van der Waals surface area (Å²) >= 11 is 0. The van der Waals surface area contributed by atoms with Gasteiger partial charge in [0.15, 0.2) is 0 Å². The highest BCUT2D eigenvalue weighted by Gasteiger charge is 2.55. The van der Waals surface area contributed by atoms with Crippen molar-refractivity contribution in [1.29, 1.82) is 0 Å². The van der Waals surface area contributed by atoms with Crippen molar-refractivity contribution in [2.24, 2.45) is 23.2 Å². The number of aryl methyl sites for hydroxylation is 1. The molecule has 0 spiro atoms. The van der Waals surface area contributed by atoms with Gasteiger partial charge in [-0.1, -0.05) is 5.16 Å². The third kappa shape index (κ3) is 4.50. The molecule has 1 aromatic heterocycles. The van der Waals surface area contributed by atoms with Crippen LogP contribution < -0.4 is 4.74 Å². The van der Waals surface area contributed by atoms with Crippen LogP contribution in [0.25, 0.3) is 11.4 Å². The van der Waals surface area contributed by atoms with E-state index in [1.807, 2.05) is 36.1 Å². The van der Waals surface area contributed by atoms with Gasteiger partial charge in [0.05, 0.1) is 12.0 Å². The number of benzene rings is 1. The molecule has 8 nitrogen and oxygen atoms in total. The number of piperazine rings is 1. The van der Waals surface area contributed by atoms with Crippen LogP contribution in [0, 0.1) is 23.2 Å². The minimum Gasteiger partial charge on any atom is -0.494 e. The summed E-state index contributed by atoms with van der Waals surface area (Å²) in [4.78, 5) is 34.9. The van der Waals surface area contributed by atoms with Crippen LogP contribution in [-0.2, 0) is 16.0 Å². The Morgan fingerprint density at radius 1 is 0.972 bits per heavy atom. The average Bonchev–Trinajstić information content (AvgIpc) is 3.36. The highest BCUT2D eigenvalue weighted by Crippen LogP contribution is 2.60. The molecular formula is C28H36N4O4. The van der Waals surface area contributed by atoms with Gasteiger partial charge in [-0.3, -0.25) is 9.59 Å². The average molecular weight is 493 g/mol. The fourth-order valence-electron chi connectivity index (χ4n) is 7.58. The molecule has 8 heteroatoms. The summed E-state index contributed by atoms with van der Waals surface area (Å²) in [5.41, 5.74) is 0.750. The Balaban J connectivity index is 0.989. The maximum atomic E-state index is 13.6. The van der Waals surface area contributed by atoms with Crippen LogP contribution in [-0.4, -0.2) is 64.5 Å². The SMILES string of the molecule is CCOc1ccc(-c2noc(CCC(=O)N3CCN(C(=O)C45CC6CC(CC(C6)C4)C5)CC3)n2)cc1. The fraction of sp³-hybridized carbons (Fsp3) is 0.643. The Kier molecular flexibility index (Phi) is 6.21. The van der Waals surface area contributed by atoms with Gasteiger partial charge in [-0.25, -0.2) is 0 Å². The molecule has 0 unspecified atom stereocenters. The molecule has 7 rings (SSSR count). The zero-order chi connectivity index (χ0) is 24.7. The summed E-state index contributed by atoms with van der Waals surface area (Å²) in [6.07, 6.45) is 8.06. The van der Waals surface area contributed by atoms with E-state index >= 15 is 0 Å². The van der Waals surface area contributed by atoms with Crippen molar-refractivity contribution in [3.8, 4) is 17.1 Å². The molecule has 36 heavy (non-hydrogen) atoms. The Hall–Kier alpha value is -2.90. The number of aromatic nitrogens is 2. The second-order valence-corrected chi connectivity index (χ2v) is 11.3. The summed E-state index contributed by atoms with van der Waals surface area (Å²) in [5, 5.41) is 4.06. The van der Waals surface area contributed by atoms with E-state index in [9.17, 15) is 9.59 Å². The zero-order valence-electron chi connectivity index (χ0n) is 21.2. The first-order valence-electron chi connectivity index (χ1n) is 13.6. The predicted molar refractivity (Wildman–Crippen MR) is 133 cm³/mol. The lowest BCUT2D eigenvalue weighted by atomic mass is 9.49. The first-order chi connectivity index (χ1) is 17.5. The minimum atomic E-state index is -0.0973. The van der Waals surface area contributed by atoms with Gasteiger partial charge in [0, 0.05) is 44.6 Å². The molecule has 2 aromatic rings. The standard InChI is InChI=1S/C28H36N4O4/c1-2-35-23-5-3-22(4-6-23)26-29-24(36-30-26)7-8-25(33)31-9-11-32(12-10-31)27(34)28-16-19-13-20(17-28)15-21(14-19)18-28/h3-6,19-21H,2,7-18H2,1H3. The van der Waals surface area contributed by atoms with Crippen molar-refractivity contribution < 1.29 is 18.8 Å². The van der Waals surface area contributed by atoms with Crippen molar-refractivity contribution >= 4 is 11.8 Å². The van der Waals surface area contributed by atoms with E-state index < -0.39 is 0 Å². The third-order valence-corrected chi connectivity index (χ3v) is 8.86. The maximum Gasteiger partial charge on any atom is 0.228 e. The van der Waals surface area contributed by atoms with Gasteiger partial charge in [-0.05, 0) is 87.5 Å². The van der Waals surface area contributed by atoms with Gasteiger partial charge in [0.2, 0.25) is 23.5 Å². The van der Waals surface area contributed by atoms with E-state index in [2.05, 4.69) is 15.0 Å². The number of carbonyl (C=O) groups is 2. The van der Waals surface area contributed by atoms with Crippen LogP contribution in [0.5, 0.6) is 5.75 Å². The molecule has 4 aliphatic carbocycles. The van der Waals surface area contributed by atoms with Gasteiger partial charge in [-0.15, -0.1) is 0 Å². The van der Waals surface area contributed by atoms with Crippen molar-refractivity contribution in [3.63, 3.8) is 0 Å². The lowest BCUT2D eigenvalue weighted by Gasteiger charge is -2.57. The quantitative estimate of drug-likeness (QED) is 0.581. The number of amides is 2. The van der Waals surface area contributed by atoms with Crippen molar-refractivity contribution in [1.82, 2.24) is 19.9 Å². The molecule has 4 saturated carbocycles. The molecule has 0 radical (unpaired) electrons. The number of hydrogen-bond acceptors (Lipinski definition) is 6. The number of ether oxygens (including phenoxy) is 1. The van der Waals surface area contributed by atoms with Crippen LogP contribution >= 0.6 is 0 Å². The smallest absolute Gasteiger partial charge is 0.228 e. The second-order valence-electron chi connectivity index (χ2n) is 11.3. The molecule has 192 valence electrons. The van der Waals surface area contributed by atoms with Gasteiger partial charge in [0.1, 0.15) is 5.75 Å². The van der Waals surface area contributed by atoms with E-state index in [0.29, 0.717) is 63.2 Å². The van der Waals surface area contributed by atoms with Gasteiger partial charge < -0.3 is 19.1 Å². The maximum absolute atomic E-state index is 13.6. The largest absolute Gasteiger partial charge is 0.494 e. The number of hydrogen-bond donors (Lipinski definition) is 0. The number of carbonyl (C=O) groups excluding carboxylic acids is 2. The van der Waals surface area contributed by atoms with Crippen LogP contribution in [0.1, 0.15) is 57.8 Å². The van der Waals surface area contributed by atoms with Crippen LogP contribution in [0.15, 0.2) is 28.8 Å². The Bertz CT molecular complexity index is 1070. The molecular weight excluding hydrogens is 456 g/mol. The second kappa shape index (κ2) is 9.52. The monoisotopic (exact) mass is 492 g/mol. The third-order valence-electron chi connectivity index (χ3n) is 8.86. The summed E-state index contributed by atoms with van der Waals surface area (Å²) < 4.78 is 10.9. The van der Waals surface area contributed by atoms with Crippen LogP contribution in [0.4, 0.5) is 0 Å². The topological polar surface area (TPSA) is 88.8 Å². The Labute approximate surface area is 212 Å². The molecule has 4 bridgehead atoms. The zero-order valence-corrected chi connectivity index (χ0v) is 21.2. The lowest BCUT2D eigenvalue weighted by Crippen LogP contribution is -2.58. The molecule has 2 heterocycles. The summed E-state index contributed by atoms with van der Waals surface area (Å²) in [7, 11) is 0. The van der Waals surface area contributed by atoms with Crippen molar-refractivity contribution in [2.75, 3.05) is 32.8 Å². The van der Waals surface area contributed by atoms with Gasteiger partial charge in [0.25, 0.3) is 0 Å². The molecule has 5 aliphatic rings. The summed E-state index contributed by atoms with van der Waals surface area (Å²) in [6.45, 7) is 5.08. The lowest BCUT2D eigenvalue weighted by molar-refractivity contribution is -0.160. The summed E-state index contributed by atoms with van der Waals surface area (Å²) in [5.74, 6) is 4.53. The van der Waals surface area contributed by atoms with E-state index in [-0.39, 0.29) is 11.3 Å². The van der Waals surface area contributed by atoms with E-state index in [0.717, 1.165) is 48.3 Å². The Morgan fingerprint density at radius 2 is 1.58 bits per heavy atom. The molecule has 0 N–H and O–H groups in total. The predicted octanol–water partition coefficient (Wildman–Crippen LogP) is 3.96. The van der Waals surface area contributed by atoms with Gasteiger partial charge in [-0.2, -0.15) is 4.98 Å². The molecule has 1 aliphatic heterocycles. The van der Waals surface area contributed by atoms with Crippen molar-refractivity contribution in [3.05, 3.63) is 30.2 Å². The summed E-state index contributed by atoms with van der Waals surface area (Å²) in [6, 6.07) is 7.56. The first kappa shape index (κ1) is 23.5. The van der Waals surface area contributed by atoms with E-state index in [1.54, 1.807) is 0 Å². The molecule has 2 amide bonds. The minimum absolute atomic E-state index is 0.0812. The first-order valence-corrected chi connectivity index (χ1v) is 13.6.